The van der Waals surface area contributed by atoms with Gasteiger partial charge in [-0.25, -0.2) is 4.79 Å². The van der Waals surface area contributed by atoms with Crippen LogP contribution in [0.2, 0.25) is 0 Å². The third-order valence-electron chi connectivity index (χ3n) is 2.36. The van der Waals surface area contributed by atoms with Crippen molar-refractivity contribution in [2.45, 2.75) is 19.1 Å². The molecule has 2 unspecified atom stereocenters. The molecule has 0 fully saturated rings. The molecule has 0 saturated carbocycles. The lowest BCUT2D eigenvalue weighted by Crippen LogP contribution is -2.28. The Morgan fingerprint density at radius 2 is 1.88 bits per heavy atom. The second kappa shape index (κ2) is 4.94. The van der Waals surface area contributed by atoms with E-state index in [0.717, 1.165) is 0 Å². The van der Waals surface area contributed by atoms with Crippen LogP contribution in [-0.2, 0) is 4.79 Å². The average molecular weight is 239 g/mol. The highest BCUT2D eigenvalue weighted by molar-refractivity contribution is 5.95. The predicted molar refractivity (Wildman–Crippen MR) is 59.5 cm³/mol. The molecule has 0 aliphatic rings. The predicted octanol–water partition coefficient (Wildman–Crippen LogP) is -0.0497. The summed E-state index contributed by atoms with van der Waals surface area (Å²) >= 11 is 0. The van der Waals surface area contributed by atoms with Gasteiger partial charge in [0, 0.05) is 16.8 Å². The van der Waals surface area contributed by atoms with Crippen LogP contribution in [0.4, 0.5) is 5.69 Å². The molecule has 1 aromatic carbocycles. The highest BCUT2D eigenvalue weighted by Crippen LogP contribution is 2.24. The first kappa shape index (κ1) is 13.1. The van der Waals surface area contributed by atoms with E-state index in [-0.39, 0.29) is 17.0 Å². The van der Waals surface area contributed by atoms with Gasteiger partial charge in [-0.3, -0.25) is 4.79 Å². The fraction of sp³-hybridized carbons (Fsp3) is 0.273. The van der Waals surface area contributed by atoms with Gasteiger partial charge in [-0.1, -0.05) is 12.1 Å². The van der Waals surface area contributed by atoms with Crippen molar-refractivity contribution in [1.29, 1.82) is 0 Å². The molecule has 0 saturated heterocycles. The molecule has 0 amide bonds. The SMILES string of the molecule is CC(=O)c1ccc(C(O)C(O)C(=O)O)c(N)c1. The summed E-state index contributed by atoms with van der Waals surface area (Å²) in [5, 5.41) is 27.3. The first-order valence-corrected chi connectivity index (χ1v) is 4.84. The van der Waals surface area contributed by atoms with Crippen LogP contribution < -0.4 is 5.73 Å². The van der Waals surface area contributed by atoms with Crippen molar-refractivity contribution >= 4 is 17.4 Å². The summed E-state index contributed by atoms with van der Waals surface area (Å²) in [6.07, 6.45) is -3.59. The summed E-state index contributed by atoms with van der Waals surface area (Å²) in [5.74, 6) is -1.75. The third kappa shape index (κ3) is 2.80. The largest absolute Gasteiger partial charge is 0.479 e. The Labute approximate surface area is 97.3 Å². The van der Waals surface area contributed by atoms with Crippen molar-refractivity contribution in [3.05, 3.63) is 29.3 Å². The van der Waals surface area contributed by atoms with E-state index >= 15 is 0 Å². The summed E-state index contributed by atoms with van der Waals surface area (Å²) < 4.78 is 0. The van der Waals surface area contributed by atoms with E-state index < -0.39 is 18.2 Å². The second-order valence-electron chi connectivity index (χ2n) is 3.63. The molecule has 0 aliphatic heterocycles. The molecule has 92 valence electrons. The maximum atomic E-state index is 11.1. The van der Waals surface area contributed by atoms with E-state index in [9.17, 15) is 19.8 Å². The van der Waals surface area contributed by atoms with Crippen LogP contribution in [0.5, 0.6) is 0 Å². The molecule has 6 nitrogen and oxygen atoms in total. The Morgan fingerprint density at radius 3 is 2.29 bits per heavy atom. The Kier molecular flexibility index (Phi) is 3.82. The number of aliphatic hydroxyl groups is 2. The van der Waals surface area contributed by atoms with Crippen LogP contribution in [-0.4, -0.2) is 33.2 Å². The highest BCUT2D eigenvalue weighted by Gasteiger charge is 2.26. The van der Waals surface area contributed by atoms with Gasteiger partial charge in [-0.2, -0.15) is 0 Å². The van der Waals surface area contributed by atoms with E-state index in [0.29, 0.717) is 5.56 Å². The summed E-state index contributed by atoms with van der Waals surface area (Å²) in [4.78, 5) is 21.6. The van der Waals surface area contributed by atoms with Crippen LogP contribution >= 0.6 is 0 Å². The molecule has 0 aromatic heterocycles. The number of Topliss-reactive ketones (excluding diaryl/α,β-unsaturated/α-hetero) is 1. The maximum Gasteiger partial charge on any atom is 0.335 e. The number of carbonyl (C=O) groups excluding carboxylic acids is 1. The zero-order chi connectivity index (χ0) is 13.2. The minimum Gasteiger partial charge on any atom is -0.479 e. The number of nitrogen functional groups attached to an aromatic ring is 1. The lowest BCUT2D eigenvalue weighted by Gasteiger charge is -2.16. The molecule has 1 aromatic rings. The topological polar surface area (TPSA) is 121 Å². The molecule has 0 aliphatic carbocycles. The van der Waals surface area contributed by atoms with Crippen molar-refractivity contribution in [2.75, 3.05) is 5.73 Å². The zero-order valence-electron chi connectivity index (χ0n) is 9.12. The Hall–Kier alpha value is -1.92. The highest BCUT2D eigenvalue weighted by atomic mass is 16.4. The van der Waals surface area contributed by atoms with Gasteiger partial charge in [-0.05, 0) is 13.0 Å². The van der Waals surface area contributed by atoms with Crippen LogP contribution in [0.25, 0.3) is 0 Å². The molecule has 0 radical (unpaired) electrons. The molecular formula is C11H13NO5. The fourth-order valence-corrected chi connectivity index (χ4v) is 1.37. The molecule has 6 heteroatoms. The van der Waals surface area contributed by atoms with Gasteiger partial charge in [0.2, 0.25) is 0 Å². The summed E-state index contributed by atoms with van der Waals surface area (Å²) in [5.41, 5.74) is 6.07. The summed E-state index contributed by atoms with van der Waals surface area (Å²) in [6, 6.07) is 4.06. The van der Waals surface area contributed by atoms with Crippen LogP contribution in [0, 0.1) is 0 Å². The van der Waals surface area contributed by atoms with Crippen LogP contribution in [0.15, 0.2) is 18.2 Å². The summed E-state index contributed by atoms with van der Waals surface area (Å²) in [7, 11) is 0. The number of nitrogens with two attached hydrogens (primary N) is 1. The van der Waals surface area contributed by atoms with Crippen LogP contribution in [0.1, 0.15) is 28.9 Å². The average Bonchev–Trinajstić information content (AvgIpc) is 2.26. The van der Waals surface area contributed by atoms with Crippen molar-refractivity contribution in [1.82, 2.24) is 0 Å². The Morgan fingerprint density at radius 1 is 1.29 bits per heavy atom. The van der Waals surface area contributed by atoms with Gasteiger partial charge in [-0.15, -0.1) is 0 Å². The number of carbonyl (C=O) groups is 2. The third-order valence-corrected chi connectivity index (χ3v) is 2.36. The smallest absolute Gasteiger partial charge is 0.335 e. The van der Waals surface area contributed by atoms with Gasteiger partial charge in [0.1, 0.15) is 6.10 Å². The number of hydrogen-bond acceptors (Lipinski definition) is 5. The number of aliphatic carboxylic acids is 1. The first-order chi connectivity index (χ1) is 7.84. The molecule has 2 atom stereocenters. The van der Waals surface area contributed by atoms with Crippen LogP contribution in [0.3, 0.4) is 0 Å². The summed E-state index contributed by atoms with van der Waals surface area (Å²) in [6.45, 7) is 1.36. The number of benzene rings is 1. The van der Waals surface area contributed by atoms with Gasteiger partial charge in [0.05, 0.1) is 0 Å². The Balaban J connectivity index is 3.08. The lowest BCUT2D eigenvalue weighted by molar-refractivity contribution is -0.153. The van der Waals surface area contributed by atoms with E-state index in [2.05, 4.69) is 0 Å². The van der Waals surface area contributed by atoms with Gasteiger partial charge >= 0.3 is 5.97 Å². The number of carboxylic acid groups (broad SMARTS) is 1. The lowest BCUT2D eigenvalue weighted by atomic mass is 9.99. The zero-order valence-corrected chi connectivity index (χ0v) is 9.12. The van der Waals surface area contributed by atoms with Gasteiger partial charge in [0.25, 0.3) is 0 Å². The maximum absolute atomic E-state index is 11.1. The molecule has 0 spiro atoms. The first-order valence-electron chi connectivity index (χ1n) is 4.84. The molecule has 5 N–H and O–H groups in total. The quantitative estimate of drug-likeness (QED) is 0.432. The van der Waals surface area contributed by atoms with Crippen molar-refractivity contribution in [3.63, 3.8) is 0 Å². The second-order valence-corrected chi connectivity index (χ2v) is 3.63. The molecule has 0 heterocycles. The Bertz CT molecular complexity index is 457. The van der Waals surface area contributed by atoms with Crippen molar-refractivity contribution in [2.24, 2.45) is 0 Å². The van der Waals surface area contributed by atoms with Crippen molar-refractivity contribution in [3.8, 4) is 0 Å². The minimum atomic E-state index is -1.96. The van der Waals surface area contributed by atoms with E-state index in [1.165, 1.54) is 25.1 Å². The minimum absolute atomic E-state index is 0.0606. The van der Waals surface area contributed by atoms with Crippen molar-refractivity contribution < 1.29 is 24.9 Å². The fourth-order valence-electron chi connectivity index (χ4n) is 1.37. The number of ketones is 1. The van der Waals surface area contributed by atoms with E-state index in [4.69, 9.17) is 10.8 Å². The van der Waals surface area contributed by atoms with E-state index in [1.807, 2.05) is 0 Å². The molecule has 17 heavy (non-hydrogen) atoms. The van der Waals surface area contributed by atoms with E-state index in [1.54, 1.807) is 0 Å². The van der Waals surface area contributed by atoms with Gasteiger partial charge < -0.3 is 21.1 Å². The monoisotopic (exact) mass is 239 g/mol. The number of anilines is 1. The molecule has 0 bridgehead atoms. The number of hydrogen-bond donors (Lipinski definition) is 4. The standard InChI is InChI=1S/C11H13NO5/c1-5(13)6-2-3-7(8(12)4-6)9(14)10(15)11(16)17/h2-4,9-10,14-15H,12H2,1H3,(H,16,17). The number of aliphatic hydroxyl groups excluding tert-OH is 2. The number of carboxylic acids is 1. The normalized spacial score (nSPS) is 14.1. The number of rotatable bonds is 4. The molecular weight excluding hydrogens is 226 g/mol. The van der Waals surface area contributed by atoms with Gasteiger partial charge in [0.15, 0.2) is 11.9 Å². The molecule has 1 rings (SSSR count).